The van der Waals surface area contributed by atoms with E-state index in [1.54, 1.807) is 11.8 Å². The minimum absolute atomic E-state index is 0.597. The van der Waals surface area contributed by atoms with Gasteiger partial charge < -0.3 is 0 Å². The van der Waals surface area contributed by atoms with Gasteiger partial charge in [-0.1, -0.05) is 23.2 Å². The number of terminal acetylenes is 1. The van der Waals surface area contributed by atoms with Crippen molar-refractivity contribution in [1.82, 2.24) is 0 Å². The van der Waals surface area contributed by atoms with Gasteiger partial charge in [0, 0.05) is 11.3 Å². The lowest BCUT2D eigenvalue weighted by atomic mass is 10.4. The van der Waals surface area contributed by atoms with Crippen LogP contribution in [0.4, 0.5) is 0 Å². The van der Waals surface area contributed by atoms with Gasteiger partial charge in [0.2, 0.25) is 0 Å². The Morgan fingerprint density at radius 2 is 2.07 bits per heavy atom. The third-order valence-electron chi connectivity index (χ3n) is 1.63. The summed E-state index contributed by atoms with van der Waals surface area (Å²) in [4.78, 5) is 1.14. The molecule has 0 saturated heterocycles. The molecule has 0 aromatic heterocycles. The fourth-order valence-corrected chi connectivity index (χ4v) is 2.18. The Hall–Kier alpha value is -0.290. The molecule has 1 aromatic carbocycles. The van der Waals surface area contributed by atoms with Gasteiger partial charge in [-0.2, -0.15) is 0 Å². The number of halogens is 2. The average molecular weight is 245 g/mol. The van der Waals surface area contributed by atoms with Gasteiger partial charge in [0.1, 0.15) is 0 Å². The lowest BCUT2D eigenvalue weighted by Gasteiger charge is -2.01. The molecular weight excluding hydrogens is 235 g/mol. The molecule has 0 bridgehead atoms. The smallest absolute Gasteiger partial charge is 0.0603 e. The van der Waals surface area contributed by atoms with E-state index in [0.29, 0.717) is 10.0 Å². The summed E-state index contributed by atoms with van der Waals surface area (Å²) in [6.45, 7) is 0. The lowest BCUT2D eigenvalue weighted by Crippen LogP contribution is -1.79. The molecule has 0 aliphatic heterocycles. The quantitative estimate of drug-likeness (QED) is 0.427. The minimum Gasteiger partial charge on any atom is -0.126 e. The third-order valence-corrected chi connectivity index (χ3v) is 3.44. The van der Waals surface area contributed by atoms with E-state index in [4.69, 9.17) is 29.6 Å². The number of benzene rings is 1. The number of hydrogen-bond donors (Lipinski definition) is 0. The molecule has 0 unspecified atom stereocenters. The lowest BCUT2D eigenvalue weighted by molar-refractivity contribution is 0.997. The highest BCUT2D eigenvalue weighted by molar-refractivity contribution is 7.99. The monoisotopic (exact) mass is 244 g/mol. The van der Waals surface area contributed by atoms with Crippen LogP contribution in [0.1, 0.15) is 12.8 Å². The van der Waals surface area contributed by atoms with Gasteiger partial charge in [0.05, 0.1) is 10.0 Å². The van der Waals surface area contributed by atoms with Gasteiger partial charge in [-0.15, -0.1) is 24.1 Å². The molecule has 0 atom stereocenters. The Kier molecular flexibility index (Phi) is 5.25. The van der Waals surface area contributed by atoms with Crippen molar-refractivity contribution in [2.45, 2.75) is 17.7 Å². The molecule has 1 aromatic rings. The Bertz CT molecular complexity index is 342. The van der Waals surface area contributed by atoms with Crippen LogP contribution in [-0.2, 0) is 0 Å². The summed E-state index contributed by atoms with van der Waals surface area (Å²) in [5.41, 5.74) is 0. The van der Waals surface area contributed by atoms with E-state index < -0.39 is 0 Å². The molecule has 0 fully saturated rings. The molecule has 1 rings (SSSR count). The maximum atomic E-state index is 5.88. The number of hydrogen-bond acceptors (Lipinski definition) is 1. The highest BCUT2D eigenvalue weighted by atomic mass is 35.5. The van der Waals surface area contributed by atoms with Crippen LogP contribution in [0, 0.1) is 12.3 Å². The Balaban J connectivity index is 2.44. The summed E-state index contributed by atoms with van der Waals surface area (Å²) in [6, 6.07) is 5.66. The number of rotatable bonds is 4. The maximum absolute atomic E-state index is 5.88. The first-order chi connectivity index (χ1) is 6.74. The molecule has 0 spiro atoms. The summed E-state index contributed by atoms with van der Waals surface area (Å²) >= 11 is 13.4. The molecular formula is C11H10Cl2S. The molecule has 0 amide bonds. The highest BCUT2D eigenvalue weighted by Crippen LogP contribution is 2.28. The Morgan fingerprint density at radius 3 is 2.71 bits per heavy atom. The standard InChI is InChI=1S/C11H10Cl2S/c1-2-3-4-7-14-9-5-6-10(12)11(13)8-9/h1,5-6,8H,3-4,7H2. The fourth-order valence-electron chi connectivity index (χ4n) is 0.931. The van der Waals surface area contributed by atoms with Gasteiger partial charge in [-0.05, 0) is 30.4 Å². The van der Waals surface area contributed by atoms with Crippen molar-refractivity contribution < 1.29 is 0 Å². The van der Waals surface area contributed by atoms with Crippen molar-refractivity contribution in [3.63, 3.8) is 0 Å². The van der Waals surface area contributed by atoms with E-state index in [0.717, 1.165) is 23.5 Å². The van der Waals surface area contributed by atoms with E-state index in [9.17, 15) is 0 Å². The second-order valence-electron chi connectivity index (χ2n) is 2.73. The minimum atomic E-state index is 0.597. The van der Waals surface area contributed by atoms with Gasteiger partial charge in [-0.3, -0.25) is 0 Å². The first-order valence-electron chi connectivity index (χ1n) is 4.25. The van der Waals surface area contributed by atoms with Crippen LogP contribution >= 0.6 is 35.0 Å². The van der Waals surface area contributed by atoms with Crippen molar-refractivity contribution in [3.05, 3.63) is 28.2 Å². The SMILES string of the molecule is C#CCCCSc1ccc(Cl)c(Cl)c1. The van der Waals surface area contributed by atoms with Crippen molar-refractivity contribution in [2.75, 3.05) is 5.75 Å². The van der Waals surface area contributed by atoms with Crippen LogP contribution in [0.5, 0.6) is 0 Å². The summed E-state index contributed by atoms with van der Waals surface area (Å²) < 4.78 is 0. The normalized spacial score (nSPS) is 9.79. The zero-order chi connectivity index (χ0) is 10.4. The van der Waals surface area contributed by atoms with Crippen molar-refractivity contribution in [1.29, 1.82) is 0 Å². The molecule has 3 heteroatoms. The number of unbranched alkanes of at least 4 members (excludes halogenated alkanes) is 1. The predicted molar refractivity (Wildman–Crippen MR) is 65.3 cm³/mol. The van der Waals surface area contributed by atoms with Crippen LogP contribution in [0.15, 0.2) is 23.1 Å². The van der Waals surface area contributed by atoms with Crippen molar-refractivity contribution in [3.8, 4) is 12.3 Å². The highest BCUT2D eigenvalue weighted by Gasteiger charge is 1.99. The maximum Gasteiger partial charge on any atom is 0.0603 e. The van der Waals surface area contributed by atoms with Crippen LogP contribution in [0.2, 0.25) is 10.0 Å². The molecule has 0 saturated carbocycles. The topological polar surface area (TPSA) is 0 Å². The zero-order valence-electron chi connectivity index (χ0n) is 7.59. The Morgan fingerprint density at radius 1 is 1.29 bits per heavy atom. The second kappa shape index (κ2) is 6.24. The average Bonchev–Trinajstić information content (AvgIpc) is 2.18. The largest absolute Gasteiger partial charge is 0.126 e. The molecule has 0 nitrogen and oxygen atoms in total. The van der Waals surface area contributed by atoms with Crippen LogP contribution in [0.3, 0.4) is 0 Å². The van der Waals surface area contributed by atoms with Gasteiger partial charge in [0.15, 0.2) is 0 Å². The summed E-state index contributed by atoms with van der Waals surface area (Å²) in [6.07, 6.45) is 7.01. The molecule has 74 valence electrons. The predicted octanol–water partition coefficient (Wildman–Crippen LogP) is 4.50. The van der Waals surface area contributed by atoms with Crippen LogP contribution in [-0.4, -0.2) is 5.75 Å². The molecule has 0 aliphatic rings. The first-order valence-corrected chi connectivity index (χ1v) is 5.99. The second-order valence-corrected chi connectivity index (χ2v) is 4.71. The summed E-state index contributed by atoms with van der Waals surface area (Å²) in [5.74, 6) is 3.63. The first kappa shape index (κ1) is 11.8. The van der Waals surface area contributed by atoms with Crippen molar-refractivity contribution in [2.24, 2.45) is 0 Å². The van der Waals surface area contributed by atoms with E-state index >= 15 is 0 Å². The molecule has 0 radical (unpaired) electrons. The van der Waals surface area contributed by atoms with E-state index in [1.807, 2.05) is 18.2 Å². The van der Waals surface area contributed by atoms with E-state index in [-0.39, 0.29) is 0 Å². The van der Waals surface area contributed by atoms with Crippen molar-refractivity contribution >= 4 is 35.0 Å². The third kappa shape index (κ3) is 3.84. The Labute approximate surface area is 99.0 Å². The number of thioether (sulfide) groups is 1. The van der Waals surface area contributed by atoms with Gasteiger partial charge in [-0.25, -0.2) is 0 Å². The fraction of sp³-hybridized carbons (Fsp3) is 0.273. The summed E-state index contributed by atoms with van der Waals surface area (Å²) in [5, 5.41) is 1.20. The van der Waals surface area contributed by atoms with E-state index in [1.165, 1.54) is 0 Å². The van der Waals surface area contributed by atoms with Gasteiger partial charge in [0.25, 0.3) is 0 Å². The van der Waals surface area contributed by atoms with E-state index in [2.05, 4.69) is 5.92 Å². The zero-order valence-corrected chi connectivity index (χ0v) is 9.92. The van der Waals surface area contributed by atoms with Crippen LogP contribution < -0.4 is 0 Å². The molecule has 0 N–H and O–H groups in total. The molecule has 0 aliphatic carbocycles. The van der Waals surface area contributed by atoms with Crippen LogP contribution in [0.25, 0.3) is 0 Å². The molecule has 14 heavy (non-hydrogen) atoms. The van der Waals surface area contributed by atoms with Gasteiger partial charge >= 0.3 is 0 Å². The molecule has 0 heterocycles. The summed E-state index contributed by atoms with van der Waals surface area (Å²) in [7, 11) is 0.